The molecule has 0 bridgehead atoms. The number of carbonyl (C=O) groups excluding carboxylic acids is 2. The number of carbonyl (C=O) groups is 2. The fourth-order valence-electron chi connectivity index (χ4n) is 1.73. The standard InChI is InChI=1S/C11H19NO3.Na/c1-3-4-5-6-7-8-11(2)9(13)12-10(14)15-11;/h3-8H2,1-2H3,(H,12,13,14);/q;+1. The number of cyclic esters (lactones) is 1. The Kier molecular flexibility index (Phi) is 7.27. The first-order valence-electron chi connectivity index (χ1n) is 5.63. The Morgan fingerprint density at radius 1 is 1.19 bits per heavy atom. The van der Waals surface area contributed by atoms with Crippen LogP contribution in [-0.4, -0.2) is 17.6 Å². The van der Waals surface area contributed by atoms with Crippen molar-refractivity contribution in [3.8, 4) is 0 Å². The van der Waals surface area contributed by atoms with Crippen LogP contribution in [0.5, 0.6) is 0 Å². The Morgan fingerprint density at radius 3 is 2.31 bits per heavy atom. The third-order valence-corrected chi connectivity index (χ3v) is 2.77. The molecule has 1 N–H and O–H groups in total. The van der Waals surface area contributed by atoms with Crippen LogP contribution in [0.4, 0.5) is 4.79 Å². The van der Waals surface area contributed by atoms with Crippen molar-refractivity contribution in [3.63, 3.8) is 0 Å². The Hall–Kier alpha value is -0.0600. The van der Waals surface area contributed by atoms with E-state index in [0.717, 1.165) is 12.8 Å². The Balaban J connectivity index is 0.00000225. The van der Waals surface area contributed by atoms with Crippen molar-refractivity contribution >= 4 is 12.0 Å². The van der Waals surface area contributed by atoms with Crippen LogP contribution in [0.2, 0.25) is 0 Å². The second kappa shape index (κ2) is 7.30. The molecule has 1 aliphatic rings. The van der Waals surface area contributed by atoms with Gasteiger partial charge in [0, 0.05) is 0 Å². The first-order chi connectivity index (χ1) is 7.08. The van der Waals surface area contributed by atoms with Crippen LogP contribution in [0.25, 0.3) is 0 Å². The average Bonchev–Trinajstić information content (AvgIpc) is 2.41. The van der Waals surface area contributed by atoms with E-state index in [4.69, 9.17) is 4.74 Å². The first kappa shape index (κ1) is 15.9. The zero-order valence-corrected chi connectivity index (χ0v) is 12.5. The summed E-state index contributed by atoms with van der Waals surface area (Å²) < 4.78 is 4.97. The number of rotatable bonds is 6. The van der Waals surface area contributed by atoms with Gasteiger partial charge in [0.15, 0.2) is 5.60 Å². The van der Waals surface area contributed by atoms with Gasteiger partial charge in [-0.1, -0.05) is 32.6 Å². The quantitative estimate of drug-likeness (QED) is 0.494. The monoisotopic (exact) mass is 236 g/mol. The largest absolute Gasteiger partial charge is 1.00 e. The zero-order chi connectivity index (χ0) is 11.3. The zero-order valence-electron chi connectivity index (χ0n) is 10.5. The molecule has 1 heterocycles. The SMILES string of the molecule is CCCCCCCC1(C)OC(=O)NC1=O.[Na+]. The molecule has 86 valence electrons. The number of alkyl carbamates (subject to hydrolysis) is 1. The smallest absolute Gasteiger partial charge is 0.433 e. The topological polar surface area (TPSA) is 55.4 Å². The van der Waals surface area contributed by atoms with Crippen LogP contribution in [0, 0.1) is 0 Å². The minimum atomic E-state index is -0.927. The summed E-state index contributed by atoms with van der Waals surface area (Å²) in [7, 11) is 0. The van der Waals surface area contributed by atoms with Crippen molar-refractivity contribution in [2.45, 2.75) is 58.0 Å². The summed E-state index contributed by atoms with van der Waals surface area (Å²) in [5, 5.41) is 2.16. The number of unbranched alkanes of at least 4 members (excludes halogenated alkanes) is 4. The summed E-state index contributed by atoms with van der Waals surface area (Å²) in [4.78, 5) is 22.2. The molecule has 1 rings (SSSR count). The fraction of sp³-hybridized carbons (Fsp3) is 0.818. The van der Waals surface area contributed by atoms with E-state index in [2.05, 4.69) is 12.2 Å². The molecule has 16 heavy (non-hydrogen) atoms. The maximum absolute atomic E-state index is 11.4. The van der Waals surface area contributed by atoms with Crippen molar-refractivity contribution in [1.29, 1.82) is 0 Å². The molecule has 0 aromatic rings. The molecule has 1 unspecified atom stereocenters. The van der Waals surface area contributed by atoms with Gasteiger partial charge in [0.25, 0.3) is 5.91 Å². The molecule has 0 aromatic heterocycles. The molecule has 1 saturated heterocycles. The molecule has 0 aliphatic carbocycles. The van der Waals surface area contributed by atoms with E-state index >= 15 is 0 Å². The van der Waals surface area contributed by atoms with Gasteiger partial charge in [0.2, 0.25) is 0 Å². The van der Waals surface area contributed by atoms with Gasteiger partial charge in [-0.15, -0.1) is 0 Å². The summed E-state index contributed by atoms with van der Waals surface area (Å²) in [6.07, 6.45) is 5.63. The molecule has 1 atom stereocenters. The van der Waals surface area contributed by atoms with E-state index in [0.29, 0.717) is 6.42 Å². The van der Waals surface area contributed by atoms with Crippen molar-refractivity contribution in [1.82, 2.24) is 5.32 Å². The number of amides is 2. The van der Waals surface area contributed by atoms with Crippen LogP contribution in [0.3, 0.4) is 0 Å². The van der Waals surface area contributed by atoms with Gasteiger partial charge < -0.3 is 4.74 Å². The van der Waals surface area contributed by atoms with Crippen molar-refractivity contribution in [2.75, 3.05) is 0 Å². The molecule has 5 heteroatoms. The second-order valence-electron chi connectivity index (χ2n) is 4.24. The summed E-state index contributed by atoms with van der Waals surface area (Å²) >= 11 is 0. The van der Waals surface area contributed by atoms with Gasteiger partial charge in [-0.2, -0.15) is 0 Å². The molecule has 1 fully saturated rings. The molecule has 0 saturated carbocycles. The van der Waals surface area contributed by atoms with Gasteiger partial charge in [-0.3, -0.25) is 10.1 Å². The number of ether oxygens (including phenoxy) is 1. The van der Waals surface area contributed by atoms with Gasteiger partial charge in [-0.05, 0) is 19.8 Å². The number of hydrogen-bond donors (Lipinski definition) is 1. The molecule has 0 radical (unpaired) electrons. The minimum absolute atomic E-state index is 0. The fourth-order valence-corrected chi connectivity index (χ4v) is 1.73. The summed E-state index contributed by atoms with van der Waals surface area (Å²) in [6.45, 7) is 3.83. The molecule has 0 aromatic carbocycles. The van der Waals surface area contributed by atoms with Gasteiger partial charge in [-0.25, -0.2) is 4.79 Å². The van der Waals surface area contributed by atoms with E-state index in [9.17, 15) is 9.59 Å². The normalized spacial score (nSPS) is 23.6. The van der Waals surface area contributed by atoms with Crippen LogP contribution in [0.1, 0.15) is 52.4 Å². The Morgan fingerprint density at radius 2 is 1.81 bits per heavy atom. The van der Waals surface area contributed by atoms with Gasteiger partial charge in [0.1, 0.15) is 0 Å². The first-order valence-corrected chi connectivity index (χ1v) is 5.63. The Bertz CT molecular complexity index is 258. The number of hydrogen-bond acceptors (Lipinski definition) is 3. The molecule has 1 aliphatic heterocycles. The third kappa shape index (κ3) is 4.44. The molecular weight excluding hydrogens is 217 g/mol. The van der Waals surface area contributed by atoms with Gasteiger partial charge in [0.05, 0.1) is 0 Å². The Labute approximate surface area is 119 Å². The predicted molar refractivity (Wildman–Crippen MR) is 56.4 cm³/mol. The molecule has 2 amide bonds. The van der Waals surface area contributed by atoms with Crippen molar-refractivity contribution in [2.24, 2.45) is 0 Å². The van der Waals surface area contributed by atoms with Gasteiger partial charge >= 0.3 is 35.7 Å². The maximum atomic E-state index is 11.4. The van der Waals surface area contributed by atoms with Crippen LogP contribution >= 0.6 is 0 Å². The molecular formula is C11H19NNaO3+. The number of nitrogens with one attached hydrogen (secondary N) is 1. The predicted octanol–water partition coefficient (Wildman–Crippen LogP) is -0.624. The summed E-state index contributed by atoms with van der Waals surface area (Å²) in [6, 6.07) is 0. The minimum Gasteiger partial charge on any atom is -0.433 e. The van der Waals surface area contributed by atoms with E-state index in [1.54, 1.807) is 6.92 Å². The molecule has 0 spiro atoms. The van der Waals surface area contributed by atoms with E-state index in [1.807, 2.05) is 0 Å². The van der Waals surface area contributed by atoms with E-state index < -0.39 is 11.7 Å². The van der Waals surface area contributed by atoms with Crippen LogP contribution < -0.4 is 34.9 Å². The van der Waals surface area contributed by atoms with E-state index in [1.165, 1.54) is 19.3 Å². The van der Waals surface area contributed by atoms with Crippen LogP contribution in [-0.2, 0) is 9.53 Å². The third-order valence-electron chi connectivity index (χ3n) is 2.77. The maximum Gasteiger partial charge on any atom is 1.00 e. The van der Waals surface area contributed by atoms with E-state index in [-0.39, 0.29) is 35.5 Å². The van der Waals surface area contributed by atoms with Crippen molar-refractivity contribution < 1.29 is 43.9 Å². The van der Waals surface area contributed by atoms with Crippen molar-refractivity contribution in [3.05, 3.63) is 0 Å². The average molecular weight is 236 g/mol. The number of imide groups is 1. The summed E-state index contributed by atoms with van der Waals surface area (Å²) in [5.74, 6) is -0.303. The van der Waals surface area contributed by atoms with Crippen LogP contribution in [0.15, 0.2) is 0 Å². The molecule has 4 nitrogen and oxygen atoms in total. The summed E-state index contributed by atoms with van der Waals surface area (Å²) in [5.41, 5.74) is -0.927. The second-order valence-corrected chi connectivity index (χ2v) is 4.24.